The number of rotatable bonds is 8. The number of esters is 1. The highest BCUT2D eigenvalue weighted by Gasteiger charge is 2.31. The van der Waals surface area contributed by atoms with Crippen LogP contribution in [0.4, 0.5) is 17.6 Å². The molecule has 0 aliphatic heterocycles. The number of aromatic nitrogens is 3. The van der Waals surface area contributed by atoms with Gasteiger partial charge in [-0.25, -0.2) is 23.5 Å². The summed E-state index contributed by atoms with van der Waals surface area (Å²) in [5.74, 6) is -3.53. The number of carbonyl (C=O) groups excluding carboxylic acids is 2. The molecule has 1 aliphatic carbocycles. The molecule has 15 heteroatoms. The zero-order valence-corrected chi connectivity index (χ0v) is 23.7. The van der Waals surface area contributed by atoms with Gasteiger partial charge in [0, 0.05) is 12.6 Å². The molecule has 4 aromatic rings. The van der Waals surface area contributed by atoms with Crippen LogP contribution < -0.4 is 15.8 Å². The first-order valence-corrected chi connectivity index (χ1v) is 13.4. The average molecular weight is 630 g/mol. The number of halogens is 4. The largest absolute Gasteiger partial charge is 0.573 e. The number of carboxylic acids is 1. The van der Waals surface area contributed by atoms with Crippen LogP contribution in [0.15, 0.2) is 61.3 Å². The van der Waals surface area contributed by atoms with E-state index in [1.54, 1.807) is 18.2 Å². The van der Waals surface area contributed by atoms with E-state index in [1.165, 1.54) is 24.3 Å². The zero-order valence-electron chi connectivity index (χ0n) is 23.7. The summed E-state index contributed by atoms with van der Waals surface area (Å²) in [6.07, 6.45) is -1.07. The second-order valence-electron chi connectivity index (χ2n) is 9.72. The van der Waals surface area contributed by atoms with Gasteiger partial charge in [-0.05, 0) is 60.2 Å². The van der Waals surface area contributed by atoms with E-state index < -0.39 is 35.7 Å². The summed E-state index contributed by atoms with van der Waals surface area (Å²) in [4.78, 5) is 40.3. The number of carboxylic acid groups (broad SMARTS) is 1. The summed E-state index contributed by atoms with van der Waals surface area (Å²) < 4.78 is 58.9. The van der Waals surface area contributed by atoms with Crippen LogP contribution in [-0.4, -0.2) is 50.5 Å². The predicted molar refractivity (Wildman–Crippen MR) is 151 cm³/mol. The Morgan fingerprint density at radius 1 is 1.22 bits per heavy atom. The molecule has 5 rings (SSSR count). The van der Waals surface area contributed by atoms with Crippen molar-refractivity contribution in [2.45, 2.75) is 38.7 Å². The Balaban J connectivity index is 0.000000297. The molecule has 11 nitrogen and oxygen atoms in total. The van der Waals surface area contributed by atoms with E-state index in [0.29, 0.717) is 24.0 Å². The molecule has 0 saturated heterocycles. The van der Waals surface area contributed by atoms with Gasteiger partial charge in [0.2, 0.25) is 0 Å². The van der Waals surface area contributed by atoms with Crippen LogP contribution in [0.3, 0.4) is 0 Å². The fraction of sp³-hybridized carbons (Fsp3) is 0.233. The van der Waals surface area contributed by atoms with E-state index in [-0.39, 0.29) is 36.3 Å². The zero-order chi connectivity index (χ0) is 32.9. The van der Waals surface area contributed by atoms with Gasteiger partial charge < -0.3 is 25.6 Å². The molecule has 0 spiro atoms. The van der Waals surface area contributed by atoms with Crippen LogP contribution in [-0.2, 0) is 17.7 Å². The minimum absolute atomic E-state index is 0.112. The van der Waals surface area contributed by atoms with Gasteiger partial charge in [0.15, 0.2) is 17.2 Å². The van der Waals surface area contributed by atoms with Crippen LogP contribution in [0.5, 0.6) is 5.75 Å². The molecule has 2 aromatic heterocycles. The number of benzene rings is 2. The lowest BCUT2D eigenvalue weighted by molar-refractivity contribution is -0.274. The van der Waals surface area contributed by atoms with Crippen molar-refractivity contribution in [1.29, 1.82) is 0 Å². The number of hydrogen-bond acceptors (Lipinski definition) is 8. The lowest BCUT2D eigenvalue weighted by Gasteiger charge is -2.16. The first-order chi connectivity index (χ1) is 21.3. The van der Waals surface area contributed by atoms with Crippen LogP contribution in [0.2, 0.25) is 0 Å². The molecule has 1 atom stereocenters. The van der Waals surface area contributed by atoms with E-state index in [0.717, 1.165) is 33.5 Å². The van der Waals surface area contributed by atoms with Crippen molar-refractivity contribution in [3.63, 3.8) is 0 Å². The van der Waals surface area contributed by atoms with Gasteiger partial charge in [-0.3, -0.25) is 4.79 Å². The second-order valence-corrected chi connectivity index (χ2v) is 9.72. The summed E-state index contributed by atoms with van der Waals surface area (Å²) >= 11 is 0. The third-order valence-electron chi connectivity index (χ3n) is 6.80. The lowest BCUT2D eigenvalue weighted by atomic mass is 9.98. The van der Waals surface area contributed by atoms with Crippen LogP contribution in [0.25, 0.3) is 5.65 Å². The van der Waals surface area contributed by atoms with E-state index in [1.807, 2.05) is 6.92 Å². The van der Waals surface area contributed by atoms with Crippen molar-refractivity contribution in [3.8, 4) is 5.75 Å². The van der Waals surface area contributed by atoms with Gasteiger partial charge in [0.25, 0.3) is 5.91 Å². The van der Waals surface area contributed by atoms with Gasteiger partial charge in [-0.1, -0.05) is 30.9 Å². The molecule has 4 N–H and O–H groups in total. The van der Waals surface area contributed by atoms with Gasteiger partial charge in [-0.2, -0.15) is 5.10 Å². The first kappa shape index (κ1) is 32.6. The van der Waals surface area contributed by atoms with Crippen molar-refractivity contribution in [1.82, 2.24) is 19.9 Å². The Labute approximate surface area is 253 Å². The molecule has 0 radical (unpaired) electrons. The maximum atomic E-state index is 13.9. The number of hydrogen-bond donors (Lipinski definition) is 3. The number of fused-ring (bicyclic) bond motifs is 2. The number of nitrogens with zero attached hydrogens (tertiary/aromatic N) is 3. The normalized spacial score (nSPS) is 13.8. The predicted octanol–water partition coefficient (Wildman–Crippen LogP) is 4.68. The SMILES string of the molecule is C=CCOC(=O)c1ccc2c(c1C)CC[C@@H]2NC(=O)c1cc(C(=O)O)nc2c(F)cnn12.NCc1cccc(OC(F)(F)F)c1. The summed E-state index contributed by atoms with van der Waals surface area (Å²) in [7, 11) is 0. The standard InChI is InChI=1S/C22H19FN4O5.C8H8F3NO/c1-3-8-32-22(31)13-4-5-14-12(11(13)2)6-7-16(14)26-20(28)18-9-17(21(29)30)25-19-15(23)10-24-27(18)19;9-8(10,11)13-7-3-1-2-6(4-7)5-12/h3-5,9-10,16H,1,6-8H2,2H3,(H,26,28)(H,29,30);1-4H,5,12H2/t16-;/m0./s1. The molecule has 0 bridgehead atoms. The highest BCUT2D eigenvalue weighted by atomic mass is 19.4. The number of aromatic carboxylic acids is 1. The third kappa shape index (κ3) is 7.62. The number of amides is 1. The molecule has 1 amide bonds. The fourth-order valence-corrected chi connectivity index (χ4v) is 4.77. The fourth-order valence-electron chi connectivity index (χ4n) is 4.77. The lowest BCUT2D eigenvalue weighted by Crippen LogP contribution is -2.29. The maximum Gasteiger partial charge on any atom is 0.573 e. The topological polar surface area (TPSA) is 158 Å². The van der Waals surface area contributed by atoms with Crippen molar-refractivity contribution in [2.75, 3.05) is 6.61 Å². The van der Waals surface area contributed by atoms with Gasteiger partial charge in [-0.15, -0.1) is 13.2 Å². The Morgan fingerprint density at radius 3 is 2.64 bits per heavy atom. The molecule has 236 valence electrons. The molecule has 2 heterocycles. The first-order valence-electron chi connectivity index (χ1n) is 13.4. The van der Waals surface area contributed by atoms with Crippen molar-refractivity contribution in [2.24, 2.45) is 5.73 Å². The Kier molecular flexibility index (Phi) is 9.82. The average Bonchev–Trinajstić information content (AvgIpc) is 3.58. The quantitative estimate of drug-likeness (QED) is 0.143. The van der Waals surface area contributed by atoms with Crippen molar-refractivity contribution < 1.29 is 46.5 Å². The Morgan fingerprint density at radius 2 is 1.98 bits per heavy atom. The minimum atomic E-state index is -4.65. The van der Waals surface area contributed by atoms with Crippen molar-refractivity contribution >= 4 is 23.5 Å². The summed E-state index contributed by atoms with van der Waals surface area (Å²) in [6.45, 7) is 5.65. The van der Waals surface area contributed by atoms with E-state index >= 15 is 0 Å². The Hall–Kier alpha value is -5.31. The maximum absolute atomic E-state index is 13.9. The molecular weight excluding hydrogens is 602 g/mol. The summed E-state index contributed by atoms with van der Waals surface area (Å²) in [5, 5.41) is 15.9. The molecule has 0 unspecified atom stereocenters. The second kappa shape index (κ2) is 13.5. The molecule has 2 aromatic carbocycles. The number of ether oxygens (including phenoxy) is 2. The third-order valence-corrected chi connectivity index (χ3v) is 6.80. The van der Waals surface area contributed by atoms with Crippen LogP contribution >= 0.6 is 0 Å². The highest BCUT2D eigenvalue weighted by molar-refractivity contribution is 5.96. The molecule has 45 heavy (non-hydrogen) atoms. The number of carbonyl (C=O) groups is 3. The number of nitrogens with one attached hydrogen (secondary N) is 1. The minimum Gasteiger partial charge on any atom is -0.477 e. The summed E-state index contributed by atoms with van der Waals surface area (Å²) in [6, 6.07) is 9.68. The molecule has 0 fully saturated rings. The molecule has 0 saturated carbocycles. The van der Waals surface area contributed by atoms with E-state index in [9.17, 15) is 37.1 Å². The van der Waals surface area contributed by atoms with Gasteiger partial charge >= 0.3 is 18.3 Å². The number of nitrogens with two attached hydrogens (primary N) is 1. The van der Waals surface area contributed by atoms with Gasteiger partial charge in [0.1, 0.15) is 18.1 Å². The van der Waals surface area contributed by atoms with Crippen LogP contribution in [0.1, 0.15) is 66.1 Å². The van der Waals surface area contributed by atoms with E-state index in [2.05, 4.69) is 26.7 Å². The van der Waals surface area contributed by atoms with E-state index in [4.69, 9.17) is 10.5 Å². The molecular formula is C30H27F4N5O6. The smallest absolute Gasteiger partial charge is 0.477 e. The number of alkyl halides is 3. The monoisotopic (exact) mass is 629 g/mol. The van der Waals surface area contributed by atoms with Gasteiger partial charge in [0.05, 0.1) is 17.8 Å². The summed E-state index contributed by atoms with van der Waals surface area (Å²) in [5.41, 5.74) is 7.91. The Bertz CT molecular complexity index is 1770. The highest BCUT2D eigenvalue weighted by Crippen LogP contribution is 2.35. The van der Waals surface area contributed by atoms with Crippen molar-refractivity contribution in [3.05, 3.63) is 106 Å². The van der Waals surface area contributed by atoms with Crippen LogP contribution in [0, 0.1) is 12.7 Å². The molecule has 1 aliphatic rings.